The van der Waals surface area contributed by atoms with Crippen LogP contribution in [0.25, 0.3) is 11.4 Å². The van der Waals surface area contributed by atoms with Crippen LogP contribution in [0, 0.1) is 0 Å². The lowest BCUT2D eigenvalue weighted by molar-refractivity contribution is -0.137. The Balaban J connectivity index is 1.73. The van der Waals surface area contributed by atoms with E-state index in [2.05, 4.69) is 20.1 Å². The molecular weight excluding hydrogens is 381 g/mol. The summed E-state index contributed by atoms with van der Waals surface area (Å²) in [6.45, 7) is 1.99. The van der Waals surface area contributed by atoms with Gasteiger partial charge in [0.1, 0.15) is 0 Å². The number of aromatic nitrogens is 4. The van der Waals surface area contributed by atoms with Gasteiger partial charge in [-0.15, -0.1) is 0 Å². The monoisotopic (exact) mass is 396 g/mol. The third kappa shape index (κ3) is 4.97. The van der Waals surface area contributed by atoms with Crippen molar-refractivity contribution < 1.29 is 17.7 Å². The molecule has 0 saturated heterocycles. The van der Waals surface area contributed by atoms with Crippen molar-refractivity contribution in [2.75, 3.05) is 0 Å². The molecule has 0 radical (unpaired) electrons. The number of rotatable bonds is 6. The summed E-state index contributed by atoms with van der Waals surface area (Å²) in [6.07, 6.45) is -2.89. The lowest BCUT2D eigenvalue weighted by Crippen LogP contribution is -2.09. The standard InChI is InChI=1S/C17H15F3N4O2S/c1-2-4-12-8-13(25)22-16(21-12)27-9-14-23-15(24-26-14)10-5-3-6-11(7-10)17(18,19)20/h3,5-8H,2,4,9H2,1H3,(H,21,22,25). The first-order valence-corrected chi connectivity index (χ1v) is 9.07. The number of halogens is 3. The average molecular weight is 396 g/mol. The second kappa shape index (κ2) is 7.95. The third-order valence-corrected chi connectivity index (χ3v) is 4.39. The molecule has 0 fully saturated rings. The highest BCUT2D eigenvalue weighted by Gasteiger charge is 2.30. The Labute approximate surface area is 156 Å². The molecule has 6 nitrogen and oxygen atoms in total. The van der Waals surface area contributed by atoms with Gasteiger partial charge in [-0.1, -0.05) is 42.4 Å². The fourth-order valence-electron chi connectivity index (χ4n) is 2.33. The van der Waals surface area contributed by atoms with E-state index in [0.29, 0.717) is 17.3 Å². The Bertz CT molecular complexity index is 985. The van der Waals surface area contributed by atoms with E-state index < -0.39 is 11.7 Å². The number of benzene rings is 1. The Morgan fingerprint density at radius 1 is 1.22 bits per heavy atom. The molecule has 1 aromatic carbocycles. The highest BCUT2D eigenvalue weighted by molar-refractivity contribution is 7.98. The van der Waals surface area contributed by atoms with E-state index in [9.17, 15) is 18.0 Å². The maximum Gasteiger partial charge on any atom is 0.416 e. The second-order valence-electron chi connectivity index (χ2n) is 5.67. The van der Waals surface area contributed by atoms with Crippen LogP contribution in [0.2, 0.25) is 0 Å². The van der Waals surface area contributed by atoms with Gasteiger partial charge in [0.15, 0.2) is 5.16 Å². The van der Waals surface area contributed by atoms with Crippen LogP contribution in [0.1, 0.15) is 30.5 Å². The summed E-state index contributed by atoms with van der Waals surface area (Å²) < 4.78 is 43.5. The lowest BCUT2D eigenvalue weighted by Gasteiger charge is -2.06. The van der Waals surface area contributed by atoms with Crippen molar-refractivity contribution in [3.8, 4) is 11.4 Å². The summed E-state index contributed by atoms with van der Waals surface area (Å²) in [5.41, 5.74) is -0.124. The molecule has 0 saturated carbocycles. The number of nitrogens with one attached hydrogen (secondary N) is 1. The van der Waals surface area contributed by atoms with Crippen LogP contribution in [-0.4, -0.2) is 20.1 Å². The molecule has 10 heteroatoms. The number of aromatic amines is 1. The van der Waals surface area contributed by atoms with Gasteiger partial charge < -0.3 is 9.51 Å². The molecule has 0 unspecified atom stereocenters. The van der Waals surface area contributed by atoms with E-state index in [4.69, 9.17) is 4.52 Å². The molecule has 2 aromatic heterocycles. The molecule has 1 N–H and O–H groups in total. The molecule has 0 aliphatic carbocycles. The Hall–Kier alpha value is -2.62. The van der Waals surface area contributed by atoms with E-state index >= 15 is 0 Å². The number of thioether (sulfide) groups is 1. The molecular formula is C17H15F3N4O2S. The Morgan fingerprint density at radius 3 is 2.78 bits per heavy atom. The number of nitrogens with zero attached hydrogens (tertiary/aromatic N) is 3. The zero-order valence-electron chi connectivity index (χ0n) is 14.2. The summed E-state index contributed by atoms with van der Waals surface area (Å²) >= 11 is 1.20. The number of H-pyrrole nitrogens is 1. The van der Waals surface area contributed by atoms with Crippen molar-refractivity contribution in [3.05, 3.63) is 57.8 Å². The molecule has 3 aromatic rings. The molecule has 142 valence electrons. The lowest BCUT2D eigenvalue weighted by atomic mass is 10.1. The molecule has 3 rings (SSSR count). The largest absolute Gasteiger partial charge is 0.416 e. The van der Waals surface area contributed by atoms with Crippen molar-refractivity contribution in [2.45, 2.75) is 36.9 Å². The summed E-state index contributed by atoms with van der Waals surface area (Å²) in [6, 6.07) is 6.16. The van der Waals surface area contributed by atoms with E-state index in [-0.39, 0.29) is 28.6 Å². The predicted octanol–water partition coefficient (Wildman–Crippen LogP) is 4.08. The quantitative estimate of drug-likeness (QED) is 0.499. The van der Waals surface area contributed by atoms with Gasteiger partial charge in [0.2, 0.25) is 11.7 Å². The van der Waals surface area contributed by atoms with Crippen LogP contribution in [0.15, 0.2) is 44.8 Å². The number of alkyl halides is 3. The average Bonchev–Trinajstić information content (AvgIpc) is 3.08. The minimum Gasteiger partial charge on any atom is -0.338 e. The summed E-state index contributed by atoms with van der Waals surface area (Å²) in [5.74, 6) is 0.513. The fraction of sp³-hybridized carbons (Fsp3) is 0.294. The number of hydrogen-bond acceptors (Lipinski definition) is 6. The van der Waals surface area contributed by atoms with E-state index in [1.165, 1.54) is 30.0 Å². The fourth-order valence-corrected chi connectivity index (χ4v) is 3.06. The van der Waals surface area contributed by atoms with Crippen molar-refractivity contribution in [2.24, 2.45) is 0 Å². The zero-order chi connectivity index (χ0) is 19.4. The minimum absolute atomic E-state index is 0.0675. The first-order valence-electron chi connectivity index (χ1n) is 8.08. The zero-order valence-corrected chi connectivity index (χ0v) is 15.0. The van der Waals surface area contributed by atoms with Crippen LogP contribution >= 0.6 is 11.8 Å². The van der Waals surface area contributed by atoms with Crippen LogP contribution < -0.4 is 5.56 Å². The third-order valence-electron chi connectivity index (χ3n) is 3.53. The van der Waals surface area contributed by atoms with E-state index in [1.54, 1.807) is 0 Å². The van der Waals surface area contributed by atoms with E-state index in [0.717, 1.165) is 18.6 Å². The Kier molecular flexibility index (Phi) is 5.64. The molecule has 0 aliphatic heterocycles. The molecule has 27 heavy (non-hydrogen) atoms. The Morgan fingerprint density at radius 2 is 2.04 bits per heavy atom. The number of aryl methyl sites for hydroxylation is 1. The number of hydrogen-bond donors (Lipinski definition) is 1. The van der Waals surface area contributed by atoms with Crippen molar-refractivity contribution in [3.63, 3.8) is 0 Å². The van der Waals surface area contributed by atoms with Gasteiger partial charge in [-0.05, 0) is 18.6 Å². The van der Waals surface area contributed by atoms with E-state index in [1.807, 2.05) is 6.92 Å². The van der Waals surface area contributed by atoms with Gasteiger partial charge >= 0.3 is 6.18 Å². The van der Waals surface area contributed by atoms with Gasteiger partial charge in [0.25, 0.3) is 5.56 Å². The highest BCUT2D eigenvalue weighted by Crippen LogP contribution is 2.31. The first-order chi connectivity index (χ1) is 12.8. The smallest absolute Gasteiger partial charge is 0.338 e. The SMILES string of the molecule is CCCc1cc(=O)[nH]c(SCc2nc(-c3cccc(C(F)(F)F)c3)no2)n1. The summed E-state index contributed by atoms with van der Waals surface area (Å²) in [4.78, 5) is 22.7. The maximum atomic E-state index is 12.8. The predicted molar refractivity (Wildman–Crippen MR) is 93.1 cm³/mol. The van der Waals surface area contributed by atoms with Crippen molar-refractivity contribution in [1.82, 2.24) is 20.1 Å². The summed E-state index contributed by atoms with van der Waals surface area (Å²) in [7, 11) is 0. The van der Waals surface area contributed by atoms with Gasteiger partial charge in [-0.25, -0.2) is 4.98 Å². The highest BCUT2D eigenvalue weighted by atomic mass is 32.2. The molecule has 0 bridgehead atoms. The van der Waals surface area contributed by atoms with Gasteiger partial charge in [0, 0.05) is 17.3 Å². The maximum absolute atomic E-state index is 12.8. The van der Waals surface area contributed by atoms with Crippen LogP contribution in [-0.2, 0) is 18.3 Å². The van der Waals surface area contributed by atoms with Crippen LogP contribution in [0.5, 0.6) is 0 Å². The molecule has 0 amide bonds. The van der Waals surface area contributed by atoms with Crippen LogP contribution in [0.4, 0.5) is 13.2 Å². The minimum atomic E-state index is -4.44. The van der Waals surface area contributed by atoms with Gasteiger partial charge in [-0.2, -0.15) is 18.2 Å². The van der Waals surface area contributed by atoms with Gasteiger partial charge in [-0.3, -0.25) is 4.79 Å². The molecule has 0 aliphatic rings. The molecule has 0 atom stereocenters. The first kappa shape index (κ1) is 19.2. The van der Waals surface area contributed by atoms with Crippen molar-refractivity contribution in [1.29, 1.82) is 0 Å². The topological polar surface area (TPSA) is 84.7 Å². The second-order valence-corrected chi connectivity index (χ2v) is 6.63. The van der Waals surface area contributed by atoms with Crippen LogP contribution in [0.3, 0.4) is 0 Å². The molecule has 2 heterocycles. The summed E-state index contributed by atoms with van der Waals surface area (Å²) in [5, 5.41) is 4.15. The van der Waals surface area contributed by atoms with Crippen molar-refractivity contribution >= 4 is 11.8 Å². The van der Waals surface area contributed by atoms with Gasteiger partial charge in [0.05, 0.1) is 11.3 Å². The molecule has 0 spiro atoms. The normalized spacial score (nSPS) is 11.7.